The zero-order chi connectivity index (χ0) is 9.14. The molecule has 0 fully saturated rings. The summed E-state index contributed by atoms with van der Waals surface area (Å²) in [6.07, 6.45) is 2.11. The number of anilines is 1. The van der Waals surface area contributed by atoms with E-state index in [0.717, 1.165) is 5.56 Å². The monoisotopic (exact) mass is 201 g/mol. The Morgan fingerprint density at radius 3 is 2.83 bits per heavy atom. The van der Waals surface area contributed by atoms with Crippen LogP contribution in [0.2, 0.25) is 5.02 Å². The Morgan fingerprint density at radius 1 is 1.67 bits per heavy atom. The third-order valence-electron chi connectivity index (χ3n) is 1.30. The summed E-state index contributed by atoms with van der Waals surface area (Å²) in [5.41, 5.74) is 11.6. The Balaban J connectivity index is 2.89. The summed E-state index contributed by atoms with van der Waals surface area (Å²) in [5.74, 6) is 0.323. The summed E-state index contributed by atoms with van der Waals surface area (Å²) < 4.78 is 0. The molecule has 1 heterocycles. The molecule has 0 unspecified atom stereocenters. The number of thiocarbonyl (C=S) groups is 1. The quantitative estimate of drug-likeness (QED) is 0.705. The maximum atomic E-state index is 5.73. The van der Waals surface area contributed by atoms with Crippen LogP contribution in [0.5, 0.6) is 0 Å². The zero-order valence-corrected chi connectivity index (χ0v) is 7.82. The molecule has 0 spiro atoms. The van der Waals surface area contributed by atoms with Crippen LogP contribution in [-0.4, -0.2) is 9.97 Å². The fraction of sp³-hybridized carbons (Fsp3) is 0.143. The van der Waals surface area contributed by atoms with E-state index in [0.29, 0.717) is 22.2 Å². The van der Waals surface area contributed by atoms with Crippen molar-refractivity contribution in [2.75, 3.05) is 5.73 Å². The molecular weight excluding hydrogens is 194 g/mol. The molecular formula is C7H8ClN3S. The second-order valence-corrected chi connectivity index (χ2v) is 3.29. The molecule has 0 atom stereocenters. The third-order valence-corrected chi connectivity index (χ3v) is 1.75. The Hall–Kier alpha value is -0.870. The van der Waals surface area contributed by atoms with E-state index in [-0.39, 0.29) is 0 Å². The summed E-state index contributed by atoms with van der Waals surface area (Å²) >= 11 is 10.5. The highest BCUT2D eigenvalue weighted by Gasteiger charge is 2.00. The number of halogens is 1. The smallest absolute Gasteiger partial charge is 0.142 e. The van der Waals surface area contributed by atoms with E-state index in [2.05, 4.69) is 4.98 Å². The van der Waals surface area contributed by atoms with Crippen molar-refractivity contribution >= 4 is 34.6 Å². The van der Waals surface area contributed by atoms with Gasteiger partial charge < -0.3 is 11.5 Å². The standard InChI is InChI=1S/C7H8ClN3S/c8-5-1-4(2-6(9)12)3-11-7(5)10/h1,3H,2H2,(H2,9,12)(H2,10,11). The van der Waals surface area contributed by atoms with Crippen LogP contribution in [0.1, 0.15) is 5.56 Å². The van der Waals surface area contributed by atoms with Gasteiger partial charge in [-0.3, -0.25) is 0 Å². The molecule has 0 saturated heterocycles. The summed E-state index contributed by atoms with van der Waals surface area (Å²) in [6, 6.07) is 1.71. The number of nitrogens with zero attached hydrogens (tertiary/aromatic N) is 1. The number of pyridine rings is 1. The molecule has 0 aromatic carbocycles. The van der Waals surface area contributed by atoms with Gasteiger partial charge in [-0.25, -0.2) is 4.98 Å². The number of hydrogen-bond acceptors (Lipinski definition) is 3. The van der Waals surface area contributed by atoms with Crippen LogP contribution in [0.25, 0.3) is 0 Å². The van der Waals surface area contributed by atoms with Crippen molar-refractivity contribution in [3.8, 4) is 0 Å². The van der Waals surface area contributed by atoms with Crippen LogP contribution in [0, 0.1) is 0 Å². The lowest BCUT2D eigenvalue weighted by Crippen LogP contribution is -2.11. The maximum Gasteiger partial charge on any atom is 0.142 e. The Labute approximate surface area is 80.7 Å². The van der Waals surface area contributed by atoms with Crippen molar-refractivity contribution in [3.63, 3.8) is 0 Å². The van der Waals surface area contributed by atoms with Gasteiger partial charge in [0.05, 0.1) is 10.0 Å². The normalized spacial score (nSPS) is 9.75. The van der Waals surface area contributed by atoms with Gasteiger partial charge in [0.25, 0.3) is 0 Å². The van der Waals surface area contributed by atoms with Gasteiger partial charge in [-0.2, -0.15) is 0 Å². The molecule has 3 nitrogen and oxygen atoms in total. The number of nitrogen functional groups attached to an aromatic ring is 1. The highest BCUT2D eigenvalue weighted by Crippen LogP contribution is 2.16. The second-order valence-electron chi connectivity index (χ2n) is 2.35. The molecule has 12 heavy (non-hydrogen) atoms. The van der Waals surface area contributed by atoms with Gasteiger partial charge in [0.1, 0.15) is 5.82 Å². The van der Waals surface area contributed by atoms with Gasteiger partial charge in [-0.1, -0.05) is 23.8 Å². The molecule has 1 aromatic rings. The SMILES string of the molecule is NC(=S)Cc1cnc(N)c(Cl)c1. The van der Waals surface area contributed by atoms with Crippen LogP contribution in [0.4, 0.5) is 5.82 Å². The highest BCUT2D eigenvalue weighted by atomic mass is 35.5. The highest BCUT2D eigenvalue weighted by molar-refractivity contribution is 7.80. The first kappa shape index (κ1) is 9.22. The number of aromatic nitrogens is 1. The van der Waals surface area contributed by atoms with Gasteiger partial charge >= 0.3 is 0 Å². The molecule has 0 aliphatic carbocycles. The predicted molar refractivity (Wildman–Crippen MR) is 54.1 cm³/mol. The van der Waals surface area contributed by atoms with Gasteiger partial charge in [-0.05, 0) is 11.6 Å². The van der Waals surface area contributed by atoms with Crippen molar-refractivity contribution < 1.29 is 0 Å². The zero-order valence-electron chi connectivity index (χ0n) is 6.25. The first-order valence-electron chi connectivity index (χ1n) is 3.28. The minimum atomic E-state index is 0.323. The average Bonchev–Trinajstić information content (AvgIpc) is 1.96. The summed E-state index contributed by atoms with van der Waals surface area (Å²) in [5, 5.41) is 0.434. The van der Waals surface area contributed by atoms with E-state index >= 15 is 0 Å². The molecule has 1 aromatic heterocycles. The topological polar surface area (TPSA) is 64.9 Å². The number of hydrogen-bond donors (Lipinski definition) is 2. The van der Waals surface area contributed by atoms with E-state index in [1.54, 1.807) is 12.3 Å². The maximum absolute atomic E-state index is 5.73. The van der Waals surface area contributed by atoms with Crippen molar-refractivity contribution in [2.45, 2.75) is 6.42 Å². The van der Waals surface area contributed by atoms with Gasteiger partial charge in [0, 0.05) is 12.6 Å². The first-order valence-corrected chi connectivity index (χ1v) is 4.06. The molecule has 4 N–H and O–H groups in total. The van der Waals surface area contributed by atoms with Crippen LogP contribution < -0.4 is 11.5 Å². The summed E-state index contributed by atoms with van der Waals surface area (Å²) in [7, 11) is 0. The van der Waals surface area contributed by atoms with Gasteiger partial charge in [0.15, 0.2) is 0 Å². The molecule has 0 aliphatic heterocycles. The molecule has 0 bridgehead atoms. The molecule has 1 rings (SSSR count). The molecule has 5 heteroatoms. The fourth-order valence-electron chi connectivity index (χ4n) is 0.786. The third kappa shape index (κ3) is 2.32. The summed E-state index contributed by atoms with van der Waals surface area (Å²) in [6.45, 7) is 0. The van der Waals surface area contributed by atoms with Crippen molar-refractivity contribution in [1.82, 2.24) is 4.98 Å². The Bertz CT molecular complexity index is 314. The van der Waals surface area contributed by atoms with E-state index in [4.69, 9.17) is 35.3 Å². The Kier molecular flexibility index (Phi) is 2.83. The van der Waals surface area contributed by atoms with E-state index in [9.17, 15) is 0 Å². The van der Waals surface area contributed by atoms with Crippen molar-refractivity contribution in [1.29, 1.82) is 0 Å². The summed E-state index contributed by atoms with van der Waals surface area (Å²) in [4.78, 5) is 4.28. The number of nitrogens with two attached hydrogens (primary N) is 2. The molecule has 0 aliphatic rings. The van der Waals surface area contributed by atoms with E-state index < -0.39 is 0 Å². The number of rotatable bonds is 2. The first-order chi connectivity index (χ1) is 5.59. The average molecular weight is 202 g/mol. The second kappa shape index (κ2) is 3.69. The minimum absolute atomic E-state index is 0.323. The molecule has 0 radical (unpaired) electrons. The Morgan fingerprint density at radius 2 is 2.33 bits per heavy atom. The van der Waals surface area contributed by atoms with Crippen molar-refractivity contribution in [3.05, 3.63) is 22.8 Å². The van der Waals surface area contributed by atoms with Crippen LogP contribution in [-0.2, 0) is 6.42 Å². The predicted octanol–water partition coefficient (Wildman–Crippen LogP) is 1.15. The van der Waals surface area contributed by atoms with E-state index in [1.165, 1.54) is 0 Å². The van der Waals surface area contributed by atoms with Crippen LogP contribution in [0.15, 0.2) is 12.3 Å². The molecule has 64 valence electrons. The van der Waals surface area contributed by atoms with E-state index in [1.807, 2.05) is 0 Å². The van der Waals surface area contributed by atoms with Gasteiger partial charge in [0.2, 0.25) is 0 Å². The lowest BCUT2D eigenvalue weighted by molar-refractivity contribution is 1.23. The molecule has 0 saturated carbocycles. The molecule has 0 amide bonds. The largest absolute Gasteiger partial charge is 0.393 e. The van der Waals surface area contributed by atoms with Crippen LogP contribution in [0.3, 0.4) is 0 Å². The minimum Gasteiger partial charge on any atom is -0.393 e. The van der Waals surface area contributed by atoms with Crippen molar-refractivity contribution in [2.24, 2.45) is 5.73 Å². The fourth-order valence-corrected chi connectivity index (χ4v) is 1.14. The van der Waals surface area contributed by atoms with Gasteiger partial charge in [-0.15, -0.1) is 0 Å². The van der Waals surface area contributed by atoms with Crippen LogP contribution >= 0.6 is 23.8 Å². The lowest BCUT2D eigenvalue weighted by Gasteiger charge is -2.00. The lowest BCUT2D eigenvalue weighted by atomic mass is 10.2.